The Morgan fingerprint density at radius 3 is 2.26 bits per heavy atom. The Hall–Kier alpha value is -1.52. The molecule has 19 heavy (non-hydrogen) atoms. The number of hydrogen-bond donors (Lipinski definition) is 1. The van der Waals surface area contributed by atoms with E-state index < -0.39 is 17.7 Å². The Kier molecular flexibility index (Phi) is 7.19. The van der Waals surface area contributed by atoms with Crippen LogP contribution in [0.1, 0.15) is 41.5 Å². The van der Waals surface area contributed by atoms with Gasteiger partial charge in [-0.2, -0.15) is 0 Å². The first-order chi connectivity index (χ1) is 8.65. The highest BCUT2D eigenvalue weighted by Crippen LogP contribution is 2.09. The maximum atomic E-state index is 11.7. The number of rotatable bonds is 5. The topological polar surface area (TPSA) is 64.6 Å². The molecule has 0 spiro atoms. The SMILES string of the molecule is CCOC(=O)/C=C/[C@H](NC(=O)OC(C)(C)C)C(C)C. The molecule has 0 aliphatic rings. The van der Waals surface area contributed by atoms with Crippen molar-refractivity contribution in [1.82, 2.24) is 5.32 Å². The molecule has 5 nitrogen and oxygen atoms in total. The molecule has 0 heterocycles. The molecule has 0 aromatic heterocycles. The van der Waals surface area contributed by atoms with Crippen molar-refractivity contribution < 1.29 is 19.1 Å². The molecule has 0 saturated heterocycles. The zero-order valence-electron chi connectivity index (χ0n) is 12.6. The summed E-state index contributed by atoms with van der Waals surface area (Å²) in [5, 5.41) is 2.71. The molecule has 0 rings (SSSR count). The first-order valence-electron chi connectivity index (χ1n) is 6.50. The minimum absolute atomic E-state index is 0.137. The van der Waals surface area contributed by atoms with Crippen LogP contribution in [-0.4, -0.2) is 30.3 Å². The summed E-state index contributed by atoms with van der Waals surface area (Å²) in [6.07, 6.45) is 2.44. The van der Waals surface area contributed by atoms with Crippen LogP contribution in [0.25, 0.3) is 0 Å². The molecule has 0 bridgehead atoms. The summed E-state index contributed by atoms with van der Waals surface area (Å²) in [6, 6.07) is -0.278. The van der Waals surface area contributed by atoms with Crippen LogP contribution < -0.4 is 5.32 Å². The van der Waals surface area contributed by atoms with Gasteiger partial charge < -0.3 is 14.8 Å². The summed E-state index contributed by atoms with van der Waals surface area (Å²) < 4.78 is 9.96. The Morgan fingerprint density at radius 2 is 1.84 bits per heavy atom. The summed E-state index contributed by atoms with van der Waals surface area (Å²) in [5.74, 6) is -0.280. The van der Waals surface area contributed by atoms with Crippen LogP contribution >= 0.6 is 0 Å². The van der Waals surface area contributed by atoms with Crippen LogP contribution in [-0.2, 0) is 14.3 Å². The van der Waals surface area contributed by atoms with Crippen molar-refractivity contribution in [3.63, 3.8) is 0 Å². The van der Waals surface area contributed by atoms with Gasteiger partial charge in [0.05, 0.1) is 12.6 Å². The molecule has 5 heteroatoms. The first kappa shape index (κ1) is 17.5. The number of esters is 1. The van der Waals surface area contributed by atoms with Crippen molar-refractivity contribution >= 4 is 12.1 Å². The predicted molar refractivity (Wildman–Crippen MR) is 73.8 cm³/mol. The number of carbonyl (C=O) groups excluding carboxylic acids is 2. The lowest BCUT2D eigenvalue weighted by atomic mass is 10.0. The van der Waals surface area contributed by atoms with E-state index in [2.05, 4.69) is 5.32 Å². The fourth-order valence-corrected chi connectivity index (χ4v) is 1.25. The molecule has 1 amide bonds. The monoisotopic (exact) mass is 271 g/mol. The first-order valence-corrected chi connectivity index (χ1v) is 6.50. The fourth-order valence-electron chi connectivity index (χ4n) is 1.25. The van der Waals surface area contributed by atoms with E-state index in [0.717, 1.165) is 0 Å². The number of hydrogen-bond acceptors (Lipinski definition) is 4. The second kappa shape index (κ2) is 7.81. The summed E-state index contributed by atoms with van der Waals surface area (Å²) in [6.45, 7) is 11.3. The highest BCUT2D eigenvalue weighted by Gasteiger charge is 2.20. The molecule has 0 aromatic carbocycles. The van der Waals surface area contributed by atoms with E-state index in [1.165, 1.54) is 6.08 Å². The molecule has 110 valence electrons. The van der Waals surface area contributed by atoms with Crippen molar-refractivity contribution in [2.24, 2.45) is 5.92 Å². The van der Waals surface area contributed by atoms with Gasteiger partial charge in [-0.3, -0.25) is 0 Å². The molecule has 0 aromatic rings. The molecule has 0 fully saturated rings. The maximum Gasteiger partial charge on any atom is 0.408 e. The molecule has 0 radical (unpaired) electrons. The highest BCUT2D eigenvalue weighted by molar-refractivity contribution is 5.82. The van der Waals surface area contributed by atoms with E-state index in [1.54, 1.807) is 33.8 Å². The third-order valence-corrected chi connectivity index (χ3v) is 2.13. The van der Waals surface area contributed by atoms with Crippen molar-refractivity contribution in [2.45, 2.75) is 53.2 Å². The van der Waals surface area contributed by atoms with Crippen molar-refractivity contribution in [3.05, 3.63) is 12.2 Å². The van der Waals surface area contributed by atoms with Crippen LogP contribution in [0, 0.1) is 5.92 Å². The van der Waals surface area contributed by atoms with Crippen LogP contribution in [0.4, 0.5) is 4.79 Å². The van der Waals surface area contributed by atoms with Gasteiger partial charge in [-0.25, -0.2) is 9.59 Å². The Labute approximate surface area is 115 Å². The molecule has 1 atom stereocenters. The maximum absolute atomic E-state index is 11.7. The lowest BCUT2D eigenvalue weighted by Crippen LogP contribution is -2.40. The summed E-state index contributed by atoms with van der Waals surface area (Å²) in [4.78, 5) is 22.9. The molecule has 0 aliphatic heterocycles. The minimum atomic E-state index is -0.545. The molecule has 0 aliphatic carbocycles. The molecule has 0 saturated carbocycles. The van der Waals surface area contributed by atoms with E-state index in [4.69, 9.17) is 9.47 Å². The van der Waals surface area contributed by atoms with Crippen LogP contribution in [0.15, 0.2) is 12.2 Å². The van der Waals surface area contributed by atoms with Gasteiger partial charge in [0, 0.05) is 6.08 Å². The van der Waals surface area contributed by atoms with E-state index in [-0.39, 0.29) is 12.0 Å². The number of ether oxygens (including phenoxy) is 2. The molecule has 1 N–H and O–H groups in total. The van der Waals surface area contributed by atoms with Gasteiger partial charge in [-0.1, -0.05) is 19.9 Å². The van der Waals surface area contributed by atoms with Gasteiger partial charge >= 0.3 is 12.1 Å². The fraction of sp³-hybridized carbons (Fsp3) is 0.714. The second-order valence-corrected chi connectivity index (χ2v) is 5.53. The molecular weight excluding hydrogens is 246 g/mol. The number of carbonyl (C=O) groups is 2. The minimum Gasteiger partial charge on any atom is -0.463 e. The zero-order valence-corrected chi connectivity index (χ0v) is 12.6. The Balaban J connectivity index is 4.50. The van der Waals surface area contributed by atoms with E-state index in [9.17, 15) is 9.59 Å². The smallest absolute Gasteiger partial charge is 0.408 e. The van der Waals surface area contributed by atoms with Crippen molar-refractivity contribution in [2.75, 3.05) is 6.61 Å². The number of nitrogens with one attached hydrogen (secondary N) is 1. The second-order valence-electron chi connectivity index (χ2n) is 5.53. The molecular formula is C14H25NO4. The summed E-state index contributed by atoms with van der Waals surface area (Å²) in [7, 11) is 0. The van der Waals surface area contributed by atoms with Gasteiger partial charge in [0.2, 0.25) is 0 Å². The highest BCUT2D eigenvalue weighted by atomic mass is 16.6. The third kappa shape index (κ3) is 9.11. The number of alkyl carbamates (subject to hydrolysis) is 1. The lowest BCUT2D eigenvalue weighted by molar-refractivity contribution is -0.137. The average Bonchev–Trinajstić information content (AvgIpc) is 2.21. The van der Waals surface area contributed by atoms with Crippen LogP contribution in [0.2, 0.25) is 0 Å². The van der Waals surface area contributed by atoms with E-state index in [1.807, 2.05) is 13.8 Å². The van der Waals surface area contributed by atoms with E-state index >= 15 is 0 Å². The quantitative estimate of drug-likeness (QED) is 0.616. The Morgan fingerprint density at radius 1 is 1.26 bits per heavy atom. The van der Waals surface area contributed by atoms with Crippen LogP contribution in [0.3, 0.4) is 0 Å². The van der Waals surface area contributed by atoms with Gasteiger partial charge in [0.25, 0.3) is 0 Å². The van der Waals surface area contributed by atoms with Gasteiger partial charge in [0.15, 0.2) is 0 Å². The van der Waals surface area contributed by atoms with Gasteiger partial charge in [-0.05, 0) is 33.6 Å². The standard InChI is InChI=1S/C14H25NO4/c1-7-18-12(16)9-8-11(10(2)3)15-13(17)19-14(4,5)6/h8-11H,7H2,1-6H3,(H,15,17)/b9-8+/t11-/m0/s1. The van der Waals surface area contributed by atoms with Crippen molar-refractivity contribution in [3.8, 4) is 0 Å². The van der Waals surface area contributed by atoms with Gasteiger partial charge in [-0.15, -0.1) is 0 Å². The van der Waals surface area contributed by atoms with Crippen LogP contribution in [0.5, 0.6) is 0 Å². The zero-order chi connectivity index (χ0) is 15.1. The molecule has 0 unspecified atom stereocenters. The Bertz CT molecular complexity index is 329. The number of amides is 1. The normalized spacial score (nSPS) is 13.4. The largest absolute Gasteiger partial charge is 0.463 e. The summed E-state index contributed by atoms with van der Waals surface area (Å²) in [5.41, 5.74) is -0.545. The average molecular weight is 271 g/mol. The summed E-state index contributed by atoms with van der Waals surface area (Å²) >= 11 is 0. The predicted octanol–water partition coefficient (Wildman–Crippen LogP) is 2.66. The van der Waals surface area contributed by atoms with Gasteiger partial charge in [0.1, 0.15) is 5.60 Å². The van der Waals surface area contributed by atoms with Crippen molar-refractivity contribution in [1.29, 1.82) is 0 Å². The lowest BCUT2D eigenvalue weighted by Gasteiger charge is -2.23. The third-order valence-electron chi connectivity index (χ3n) is 2.13. The van der Waals surface area contributed by atoms with E-state index in [0.29, 0.717) is 6.61 Å².